The van der Waals surface area contributed by atoms with Crippen LogP contribution < -0.4 is 11.1 Å². The molecule has 0 radical (unpaired) electrons. The van der Waals surface area contributed by atoms with Gasteiger partial charge < -0.3 is 35.1 Å². The van der Waals surface area contributed by atoms with Gasteiger partial charge in [0.15, 0.2) is 11.9 Å². The number of amides is 2. The lowest BCUT2D eigenvalue weighted by Crippen LogP contribution is -2.37. The topological polar surface area (TPSA) is 163 Å². The third-order valence-corrected chi connectivity index (χ3v) is 6.95. The number of aliphatic hydroxyl groups is 1. The van der Waals surface area contributed by atoms with Crippen LogP contribution in [0.25, 0.3) is 0 Å². The molecule has 2 rings (SSSR count). The van der Waals surface area contributed by atoms with Crippen molar-refractivity contribution in [1.29, 1.82) is 0 Å². The van der Waals surface area contributed by atoms with E-state index in [4.69, 9.17) is 24.7 Å². The van der Waals surface area contributed by atoms with Gasteiger partial charge in [-0.15, -0.1) is 0 Å². The first-order valence-electron chi connectivity index (χ1n) is 13.0. The fourth-order valence-corrected chi connectivity index (χ4v) is 4.78. The Kier molecular flexibility index (Phi) is 12.0. The first-order valence-corrected chi connectivity index (χ1v) is 13.0. The number of methoxy groups -OCH3 is 3. The Bertz CT molecular complexity index is 1150. The predicted octanol–water partition coefficient (Wildman–Crippen LogP) is 2.41. The molecule has 0 aromatic heterocycles. The maximum Gasteiger partial charge on any atom is 0.405 e. The summed E-state index contributed by atoms with van der Waals surface area (Å²) in [5, 5.41) is 13.7. The average Bonchev–Trinajstić information content (AvgIpc) is 2.90. The maximum absolute atomic E-state index is 13.3. The van der Waals surface area contributed by atoms with E-state index in [0.717, 1.165) is 6.08 Å². The van der Waals surface area contributed by atoms with E-state index >= 15 is 0 Å². The van der Waals surface area contributed by atoms with Gasteiger partial charge >= 0.3 is 6.09 Å². The zero-order valence-electron chi connectivity index (χ0n) is 24.1. The molecule has 1 heterocycles. The van der Waals surface area contributed by atoms with Crippen LogP contribution in [0.5, 0.6) is 0 Å². The van der Waals surface area contributed by atoms with Crippen LogP contribution in [-0.2, 0) is 33.3 Å². The van der Waals surface area contributed by atoms with Crippen LogP contribution in [0.1, 0.15) is 40.5 Å². The molecule has 0 unspecified atom stereocenters. The van der Waals surface area contributed by atoms with E-state index in [0.29, 0.717) is 12.0 Å². The Morgan fingerprint density at radius 2 is 1.77 bits per heavy atom. The number of rotatable bonds is 4. The lowest BCUT2D eigenvalue weighted by Gasteiger charge is -2.29. The van der Waals surface area contributed by atoms with Crippen LogP contribution >= 0.6 is 0 Å². The highest BCUT2D eigenvalue weighted by Gasteiger charge is 2.34. The Hall–Kier alpha value is -3.54. The number of hydrogen-bond acceptors (Lipinski definition) is 9. The van der Waals surface area contributed by atoms with Gasteiger partial charge in [-0.1, -0.05) is 38.2 Å². The van der Waals surface area contributed by atoms with Crippen LogP contribution in [0.3, 0.4) is 0 Å². The minimum Gasteiger partial charge on any atom is -0.492 e. The molecule has 0 saturated heterocycles. The maximum atomic E-state index is 13.3. The molecule has 1 aliphatic carbocycles. The van der Waals surface area contributed by atoms with Gasteiger partial charge in [-0.05, 0) is 38.2 Å². The highest BCUT2D eigenvalue weighted by molar-refractivity contribution is 6.23. The number of allylic oxidation sites excluding steroid dienone is 4. The molecule has 0 aromatic rings. The van der Waals surface area contributed by atoms with E-state index in [1.165, 1.54) is 34.3 Å². The minimum atomic E-state index is -1.00. The molecule has 0 aromatic carbocycles. The smallest absolute Gasteiger partial charge is 0.405 e. The monoisotopic (exact) mass is 560 g/mol. The van der Waals surface area contributed by atoms with Crippen LogP contribution in [-0.4, -0.2) is 74.4 Å². The lowest BCUT2D eigenvalue weighted by atomic mass is 9.85. The zero-order chi connectivity index (χ0) is 30.1. The zero-order valence-corrected chi connectivity index (χ0v) is 24.1. The van der Waals surface area contributed by atoms with Crippen LogP contribution in [0, 0.1) is 11.8 Å². The Balaban J connectivity index is 2.60. The van der Waals surface area contributed by atoms with Gasteiger partial charge in [-0.3, -0.25) is 14.4 Å². The van der Waals surface area contributed by atoms with E-state index in [-0.39, 0.29) is 34.9 Å². The van der Waals surface area contributed by atoms with Gasteiger partial charge in [0.25, 0.3) is 5.91 Å². The molecule has 2 bridgehead atoms. The Morgan fingerprint density at radius 3 is 2.35 bits per heavy atom. The number of nitrogens with two attached hydrogens (primary N) is 1. The molecule has 40 heavy (non-hydrogen) atoms. The summed E-state index contributed by atoms with van der Waals surface area (Å²) in [4.78, 5) is 50.6. The van der Waals surface area contributed by atoms with Crippen LogP contribution in [0.2, 0.25) is 0 Å². The minimum absolute atomic E-state index is 0.0801. The average molecular weight is 561 g/mol. The van der Waals surface area contributed by atoms with Crippen molar-refractivity contribution in [3.05, 3.63) is 58.6 Å². The summed E-state index contributed by atoms with van der Waals surface area (Å²) in [6, 6.07) is 0. The summed E-state index contributed by atoms with van der Waals surface area (Å²) in [5.41, 5.74) is 6.12. The number of ketones is 2. The van der Waals surface area contributed by atoms with Gasteiger partial charge in [0.05, 0.1) is 25.0 Å². The van der Waals surface area contributed by atoms with Gasteiger partial charge in [0.2, 0.25) is 11.6 Å². The quantitative estimate of drug-likeness (QED) is 0.346. The molecule has 4 N–H and O–H groups in total. The van der Waals surface area contributed by atoms with Gasteiger partial charge in [-0.25, -0.2) is 4.79 Å². The number of ether oxygens (including phenoxy) is 4. The molecular formula is C29H40N2O9. The number of fused-ring (bicyclic) bond motifs is 2. The molecule has 11 heteroatoms. The first kappa shape index (κ1) is 32.7. The van der Waals surface area contributed by atoms with Gasteiger partial charge in [0, 0.05) is 37.4 Å². The molecule has 6 atom stereocenters. The second kappa shape index (κ2) is 14.7. The Labute approximate surface area is 234 Å². The van der Waals surface area contributed by atoms with E-state index in [2.05, 4.69) is 5.32 Å². The fraction of sp³-hybridized carbons (Fsp3) is 0.517. The predicted molar refractivity (Wildman–Crippen MR) is 147 cm³/mol. The second-order valence-electron chi connectivity index (χ2n) is 10.1. The largest absolute Gasteiger partial charge is 0.492 e. The highest BCUT2D eigenvalue weighted by atomic mass is 16.6. The summed E-state index contributed by atoms with van der Waals surface area (Å²) in [5.74, 6) is -2.39. The third-order valence-electron chi connectivity index (χ3n) is 6.95. The summed E-state index contributed by atoms with van der Waals surface area (Å²) < 4.78 is 21.7. The lowest BCUT2D eigenvalue weighted by molar-refractivity contribution is -0.120. The number of nitrogens with one attached hydrogen (secondary N) is 1. The van der Waals surface area contributed by atoms with Crippen molar-refractivity contribution in [1.82, 2.24) is 5.32 Å². The van der Waals surface area contributed by atoms with Crippen molar-refractivity contribution in [2.75, 3.05) is 21.3 Å². The molecular weight excluding hydrogens is 520 g/mol. The van der Waals surface area contributed by atoms with Crippen molar-refractivity contribution in [2.24, 2.45) is 17.6 Å². The van der Waals surface area contributed by atoms with E-state index < -0.39 is 53.9 Å². The molecule has 220 valence electrons. The summed E-state index contributed by atoms with van der Waals surface area (Å²) in [6.45, 7) is 6.92. The third kappa shape index (κ3) is 8.23. The molecule has 0 saturated carbocycles. The molecule has 1 aliphatic heterocycles. The van der Waals surface area contributed by atoms with E-state index in [1.54, 1.807) is 32.1 Å². The summed E-state index contributed by atoms with van der Waals surface area (Å²) >= 11 is 0. The van der Waals surface area contributed by atoms with E-state index in [1.807, 2.05) is 6.92 Å². The first-order chi connectivity index (χ1) is 18.8. The van der Waals surface area contributed by atoms with Crippen molar-refractivity contribution >= 4 is 23.6 Å². The SMILES string of the molecule is COC1=C2C[C@H](C)C[C@H](OC)[C@H](O)[C@H](C)/C=C(\C)[C@@H](OC(N)=O)[C@H](OC)/C=C\C=C(/C)C(=O)NC(=CC1=O)C2=O. The van der Waals surface area contributed by atoms with E-state index in [9.17, 15) is 24.3 Å². The Morgan fingerprint density at radius 1 is 1.10 bits per heavy atom. The van der Waals surface area contributed by atoms with Gasteiger partial charge in [-0.2, -0.15) is 0 Å². The second-order valence-corrected chi connectivity index (χ2v) is 10.1. The molecule has 11 nitrogen and oxygen atoms in total. The number of carbonyl (C=O) groups excluding carboxylic acids is 4. The normalized spacial score (nSPS) is 32.7. The summed E-state index contributed by atoms with van der Waals surface area (Å²) in [6.07, 6.45) is 3.61. The number of Topliss-reactive ketones (excluding diaryl/α,β-unsaturated/α-hetero) is 1. The molecule has 2 amide bonds. The van der Waals surface area contributed by atoms with Crippen molar-refractivity contribution in [3.63, 3.8) is 0 Å². The molecule has 0 fully saturated rings. The number of primary amides is 1. The van der Waals surface area contributed by atoms with Crippen molar-refractivity contribution in [3.8, 4) is 0 Å². The highest BCUT2D eigenvalue weighted by Crippen LogP contribution is 2.29. The number of hydrogen-bond donors (Lipinski definition) is 3. The van der Waals surface area contributed by atoms with Crippen molar-refractivity contribution in [2.45, 2.75) is 65.0 Å². The molecule has 0 spiro atoms. The van der Waals surface area contributed by atoms with Gasteiger partial charge in [0.1, 0.15) is 6.10 Å². The van der Waals surface area contributed by atoms with Crippen molar-refractivity contribution < 1.29 is 43.2 Å². The van der Waals surface area contributed by atoms with Crippen LogP contribution in [0.4, 0.5) is 4.79 Å². The number of carbonyl (C=O) groups is 4. The standard InChI is InChI=1S/C29H40N2O9/c1-15-11-19-25(34)20(14-21(32)27(19)39-7)31-28(35)16(2)9-8-10-22(37-5)26(40-29(30)36)18(4)13-17(3)24(33)23(12-15)38-6/h8-10,13-15,17,22-24,26,33H,11-12H2,1-7H3,(H2,30,36)(H,31,35)/b10-8-,16-9+,18-13+/t15-,17+,22+,23-,24+,26+/m0/s1. The van der Waals surface area contributed by atoms with Crippen LogP contribution in [0.15, 0.2) is 58.6 Å². The molecule has 2 aliphatic rings. The fourth-order valence-electron chi connectivity index (χ4n) is 4.78. The number of aliphatic hydroxyl groups excluding tert-OH is 1. The summed E-state index contributed by atoms with van der Waals surface area (Å²) in [7, 11) is 4.21.